The van der Waals surface area contributed by atoms with Crippen LogP contribution < -0.4 is 5.32 Å². The zero-order valence-electron chi connectivity index (χ0n) is 9.17. The topological polar surface area (TPSA) is 12.0 Å². The molecule has 0 aromatic rings. The van der Waals surface area contributed by atoms with Crippen LogP contribution in [0.25, 0.3) is 0 Å². The van der Waals surface area contributed by atoms with Gasteiger partial charge in [-0.1, -0.05) is 25.7 Å². The van der Waals surface area contributed by atoms with Gasteiger partial charge in [0.1, 0.15) is 0 Å². The van der Waals surface area contributed by atoms with Crippen LogP contribution in [0.15, 0.2) is 0 Å². The van der Waals surface area contributed by atoms with Crippen molar-refractivity contribution in [1.82, 2.24) is 5.32 Å². The zero-order chi connectivity index (χ0) is 9.38. The van der Waals surface area contributed by atoms with Gasteiger partial charge in [-0.2, -0.15) is 0 Å². The van der Waals surface area contributed by atoms with Crippen LogP contribution in [-0.2, 0) is 0 Å². The van der Waals surface area contributed by atoms with Gasteiger partial charge >= 0.3 is 0 Å². The molecule has 1 heteroatoms. The Morgan fingerprint density at radius 2 is 1.50 bits per heavy atom. The number of hydrogen-bond acceptors (Lipinski definition) is 1. The van der Waals surface area contributed by atoms with Crippen molar-refractivity contribution in [2.75, 3.05) is 6.54 Å². The summed E-state index contributed by atoms with van der Waals surface area (Å²) < 4.78 is 0. The molecule has 3 aliphatic rings. The molecule has 0 amide bonds. The van der Waals surface area contributed by atoms with E-state index >= 15 is 0 Å². The summed E-state index contributed by atoms with van der Waals surface area (Å²) in [5, 5.41) is 3.83. The fraction of sp³-hybridized carbons (Fsp3) is 1.00. The molecule has 0 saturated heterocycles. The molecule has 3 fully saturated rings. The first-order chi connectivity index (χ1) is 6.95. The number of nitrogens with one attached hydrogen (secondary N) is 1. The van der Waals surface area contributed by atoms with E-state index in [2.05, 4.69) is 5.32 Å². The smallest absolute Gasteiger partial charge is 0.0130 e. The van der Waals surface area contributed by atoms with Crippen LogP contribution >= 0.6 is 0 Å². The molecule has 3 rings (SSSR count). The van der Waals surface area contributed by atoms with E-state index in [9.17, 15) is 0 Å². The number of hydrogen-bond donors (Lipinski definition) is 1. The van der Waals surface area contributed by atoms with Crippen LogP contribution in [0, 0.1) is 17.8 Å². The minimum absolute atomic E-state index is 0.950. The molecule has 0 radical (unpaired) electrons. The van der Waals surface area contributed by atoms with E-state index in [-0.39, 0.29) is 0 Å². The Bertz CT molecular complexity index is 183. The van der Waals surface area contributed by atoms with Gasteiger partial charge in [0, 0.05) is 6.04 Å². The van der Waals surface area contributed by atoms with E-state index in [0.717, 1.165) is 23.8 Å². The Balaban J connectivity index is 1.38. The van der Waals surface area contributed by atoms with Crippen molar-refractivity contribution in [1.29, 1.82) is 0 Å². The summed E-state index contributed by atoms with van der Waals surface area (Å²) in [6.45, 7) is 1.33. The molecule has 2 atom stereocenters. The third-order valence-electron chi connectivity index (χ3n) is 4.77. The molecular formula is C13H23N. The first-order valence-electron chi connectivity index (χ1n) is 6.68. The maximum absolute atomic E-state index is 3.83. The first-order valence-corrected chi connectivity index (χ1v) is 6.68. The predicted octanol–water partition coefficient (Wildman–Crippen LogP) is 2.95. The standard InChI is InChI=1S/C13H23N/c1-2-5-10(6-3-1)9-14-13-11-7-4-8-12(11)13/h10-14H,1-9H2. The van der Waals surface area contributed by atoms with Crippen molar-refractivity contribution >= 4 is 0 Å². The summed E-state index contributed by atoms with van der Waals surface area (Å²) in [7, 11) is 0. The lowest BCUT2D eigenvalue weighted by molar-refractivity contribution is 0.335. The van der Waals surface area contributed by atoms with Crippen molar-refractivity contribution in [3.05, 3.63) is 0 Å². The molecule has 1 nitrogen and oxygen atoms in total. The number of rotatable bonds is 3. The highest BCUT2D eigenvalue weighted by molar-refractivity contribution is 5.06. The van der Waals surface area contributed by atoms with Crippen LogP contribution in [0.3, 0.4) is 0 Å². The van der Waals surface area contributed by atoms with Crippen molar-refractivity contribution in [2.24, 2.45) is 17.8 Å². The van der Waals surface area contributed by atoms with E-state index in [0.29, 0.717) is 0 Å². The van der Waals surface area contributed by atoms with Gasteiger partial charge in [0.15, 0.2) is 0 Å². The minimum atomic E-state index is 0.950. The lowest BCUT2D eigenvalue weighted by Crippen LogP contribution is -2.28. The Morgan fingerprint density at radius 1 is 0.786 bits per heavy atom. The minimum Gasteiger partial charge on any atom is -0.313 e. The second-order valence-electron chi connectivity index (χ2n) is 5.70. The summed E-state index contributed by atoms with van der Waals surface area (Å²) in [5.41, 5.74) is 0. The number of fused-ring (bicyclic) bond motifs is 1. The van der Waals surface area contributed by atoms with Gasteiger partial charge in [-0.25, -0.2) is 0 Å². The highest BCUT2D eigenvalue weighted by Crippen LogP contribution is 2.51. The SMILES string of the molecule is C1CCC(CNC2C3CCCC32)CC1. The summed E-state index contributed by atoms with van der Waals surface area (Å²) in [5.74, 6) is 3.21. The maximum Gasteiger partial charge on any atom is 0.0130 e. The Morgan fingerprint density at radius 3 is 2.21 bits per heavy atom. The summed E-state index contributed by atoms with van der Waals surface area (Å²) in [6.07, 6.45) is 12.0. The molecule has 0 bridgehead atoms. The van der Waals surface area contributed by atoms with Crippen molar-refractivity contribution in [2.45, 2.75) is 57.4 Å². The van der Waals surface area contributed by atoms with Crippen molar-refractivity contribution in [3.8, 4) is 0 Å². The normalized spacial score (nSPS) is 42.4. The van der Waals surface area contributed by atoms with Gasteiger partial charge in [0.05, 0.1) is 0 Å². The van der Waals surface area contributed by atoms with E-state index in [4.69, 9.17) is 0 Å². The highest BCUT2D eigenvalue weighted by Gasteiger charge is 2.52. The largest absolute Gasteiger partial charge is 0.313 e. The Labute approximate surface area is 87.7 Å². The van der Waals surface area contributed by atoms with Crippen molar-refractivity contribution < 1.29 is 0 Å². The monoisotopic (exact) mass is 193 g/mol. The Hall–Kier alpha value is -0.0400. The van der Waals surface area contributed by atoms with Gasteiger partial charge in [0.25, 0.3) is 0 Å². The van der Waals surface area contributed by atoms with Crippen LogP contribution in [0.5, 0.6) is 0 Å². The van der Waals surface area contributed by atoms with E-state index < -0.39 is 0 Å². The van der Waals surface area contributed by atoms with Gasteiger partial charge in [-0.05, 0) is 50.0 Å². The quantitative estimate of drug-likeness (QED) is 0.726. The molecule has 2 unspecified atom stereocenters. The average Bonchev–Trinajstić information content (AvgIpc) is 2.69. The molecular weight excluding hydrogens is 170 g/mol. The molecule has 1 N–H and O–H groups in total. The molecule has 14 heavy (non-hydrogen) atoms. The molecule has 3 saturated carbocycles. The zero-order valence-corrected chi connectivity index (χ0v) is 9.17. The average molecular weight is 193 g/mol. The first kappa shape index (κ1) is 9.21. The fourth-order valence-corrected chi connectivity index (χ4v) is 3.82. The molecule has 0 spiro atoms. The summed E-state index contributed by atoms with van der Waals surface area (Å²) >= 11 is 0. The summed E-state index contributed by atoms with van der Waals surface area (Å²) in [6, 6.07) is 0.950. The molecule has 80 valence electrons. The lowest BCUT2D eigenvalue weighted by atomic mass is 9.89. The van der Waals surface area contributed by atoms with E-state index in [1.165, 1.54) is 57.9 Å². The fourth-order valence-electron chi connectivity index (χ4n) is 3.82. The molecule has 3 aliphatic carbocycles. The van der Waals surface area contributed by atoms with Gasteiger partial charge in [-0.15, -0.1) is 0 Å². The third-order valence-corrected chi connectivity index (χ3v) is 4.77. The Kier molecular flexibility index (Phi) is 2.53. The van der Waals surface area contributed by atoms with E-state index in [1.807, 2.05) is 0 Å². The van der Waals surface area contributed by atoms with Crippen LogP contribution in [0.4, 0.5) is 0 Å². The lowest BCUT2D eigenvalue weighted by Gasteiger charge is -2.22. The van der Waals surface area contributed by atoms with Gasteiger partial charge in [0.2, 0.25) is 0 Å². The van der Waals surface area contributed by atoms with E-state index in [1.54, 1.807) is 0 Å². The summed E-state index contributed by atoms with van der Waals surface area (Å²) in [4.78, 5) is 0. The molecule has 0 aromatic carbocycles. The van der Waals surface area contributed by atoms with Gasteiger partial charge in [-0.3, -0.25) is 0 Å². The van der Waals surface area contributed by atoms with Crippen LogP contribution in [0.2, 0.25) is 0 Å². The molecule has 0 aromatic heterocycles. The maximum atomic E-state index is 3.83. The molecule has 0 heterocycles. The second-order valence-corrected chi connectivity index (χ2v) is 5.70. The van der Waals surface area contributed by atoms with Crippen LogP contribution in [0.1, 0.15) is 51.4 Å². The third kappa shape index (κ3) is 1.71. The van der Waals surface area contributed by atoms with Gasteiger partial charge < -0.3 is 5.32 Å². The highest BCUT2D eigenvalue weighted by atomic mass is 15.0. The van der Waals surface area contributed by atoms with Crippen molar-refractivity contribution in [3.63, 3.8) is 0 Å². The van der Waals surface area contributed by atoms with Crippen LogP contribution in [-0.4, -0.2) is 12.6 Å². The predicted molar refractivity (Wildman–Crippen MR) is 59.2 cm³/mol. The second kappa shape index (κ2) is 3.84. The molecule has 0 aliphatic heterocycles.